The maximum Gasteiger partial charge on any atom is 0.261 e. The van der Waals surface area contributed by atoms with Crippen molar-refractivity contribution >= 4 is 38.9 Å². The minimum Gasteiger partial charge on any atom is -0.277 e. The van der Waals surface area contributed by atoms with Gasteiger partial charge in [-0.15, -0.1) is 0 Å². The summed E-state index contributed by atoms with van der Waals surface area (Å²) in [4.78, 5) is -0.0764. The lowest BCUT2D eigenvalue weighted by atomic mass is 10.2. The summed E-state index contributed by atoms with van der Waals surface area (Å²) in [6, 6.07) is 7.68. The molecule has 0 fully saturated rings. The molecule has 0 aromatic heterocycles. The zero-order chi connectivity index (χ0) is 14.9. The molecule has 0 saturated heterocycles. The predicted octanol–water partition coefficient (Wildman–Crippen LogP) is 4.24. The van der Waals surface area contributed by atoms with Crippen molar-refractivity contribution in [3.8, 4) is 0 Å². The van der Waals surface area contributed by atoms with Gasteiger partial charge in [0.15, 0.2) is 0 Å². The zero-order valence-electron chi connectivity index (χ0n) is 10.3. The Balaban J connectivity index is 2.43. The Morgan fingerprint density at radius 3 is 2.25 bits per heavy atom. The Kier molecular flexibility index (Phi) is 4.22. The van der Waals surface area contributed by atoms with E-state index >= 15 is 0 Å². The van der Waals surface area contributed by atoms with Crippen LogP contribution in [0.3, 0.4) is 0 Å². The van der Waals surface area contributed by atoms with Gasteiger partial charge in [0.2, 0.25) is 0 Å². The average molecular weight is 334 g/mol. The number of anilines is 1. The summed E-state index contributed by atoms with van der Waals surface area (Å²) in [6.45, 7) is 1.73. The minimum atomic E-state index is -3.88. The summed E-state index contributed by atoms with van der Waals surface area (Å²) in [7, 11) is -3.88. The number of sulfonamides is 1. The fourth-order valence-corrected chi connectivity index (χ4v) is 3.23. The van der Waals surface area contributed by atoms with Crippen LogP contribution in [0.5, 0.6) is 0 Å². The van der Waals surface area contributed by atoms with E-state index in [1.165, 1.54) is 0 Å². The third-order valence-electron chi connectivity index (χ3n) is 2.64. The SMILES string of the molecule is Cc1ccc(Cl)c(NS(=O)(=O)c2ccc(F)cc2)c1Cl. The first-order valence-corrected chi connectivity index (χ1v) is 7.78. The Labute approximate surface area is 126 Å². The number of hydrogen-bond donors (Lipinski definition) is 1. The molecule has 7 heteroatoms. The van der Waals surface area contributed by atoms with Crippen molar-refractivity contribution in [3.05, 3.63) is 57.8 Å². The van der Waals surface area contributed by atoms with E-state index in [0.717, 1.165) is 24.3 Å². The lowest BCUT2D eigenvalue weighted by molar-refractivity contribution is 0.599. The quantitative estimate of drug-likeness (QED) is 0.912. The topological polar surface area (TPSA) is 46.2 Å². The fourth-order valence-electron chi connectivity index (χ4n) is 1.56. The van der Waals surface area contributed by atoms with Gasteiger partial charge in [-0.3, -0.25) is 4.72 Å². The van der Waals surface area contributed by atoms with E-state index in [1.54, 1.807) is 19.1 Å². The third kappa shape index (κ3) is 3.06. The molecule has 0 aliphatic carbocycles. The number of benzene rings is 2. The first-order chi connectivity index (χ1) is 9.31. The van der Waals surface area contributed by atoms with Crippen LogP contribution in [0, 0.1) is 12.7 Å². The molecule has 0 heterocycles. The molecule has 0 atom stereocenters. The number of rotatable bonds is 3. The second-order valence-corrected chi connectivity index (χ2v) is 6.58. The van der Waals surface area contributed by atoms with Crippen molar-refractivity contribution in [2.45, 2.75) is 11.8 Å². The van der Waals surface area contributed by atoms with Gasteiger partial charge >= 0.3 is 0 Å². The molecule has 106 valence electrons. The highest BCUT2D eigenvalue weighted by atomic mass is 35.5. The van der Waals surface area contributed by atoms with E-state index in [1.807, 2.05) is 0 Å². The van der Waals surface area contributed by atoms with Crippen LogP contribution in [0.1, 0.15) is 5.56 Å². The van der Waals surface area contributed by atoms with Gasteiger partial charge in [0.1, 0.15) is 5.82 Å². The van der Waals surface area contributed by atoms with E-state index in [0.29, 0.717) is 5.56 Å². The van der Waals surface area contributed by atoms with Crippen LogP contribution < -0.4 is 4.72 Å². The zero-order valence-corrected chi connectivity index (χ0v) is 12.7. The lowest BCUT2D eigenvalue weighted by Crippen LogP contribution is -2.13. The van der Waals surface area contributed by atoms with Crippen LogP contribution in [0.15, 0.2) is 41.3 Å². The molecule has 2 aromatic carbocycles. The summed E-state index contributed by atoms with van der Waals surface area (Å²) in [5, 5.41) is 0.412. The van der Waals surface area contributed by atoms with Crippen molar-refractivity contribution in [1.29, 1.82) is 0 Å². The number of hydrogen-bond acceptors (Lipinski definition) is 2. The largest absolute Gasteiger partial charge is 0.277 e. The van der Waals surface area contributed by atoms with Crippen LogP contribution in [-0.2, 0) is 10.0 Å². The molecule has 3 nitrogen and oxygen atoms in total. The van der Waals surface area contributed by atoms with Gasteiger partial charge in [0.25, 0.3) is 10.0 Å². The minimum absolute atomic E-state index is 0.0764. The van der Waals surface area contributed by atoms with Crippen molar-refractivity contribution in [2.24, 2.45) is 0 Å². The van der Waals surface area contributed by atoms with Gasteiger partial charge in [-0.2, -0.15) is 0 Å². The Bertz CT molecular complexity index is 746. The molecule has 0 spiro atoms. The fraction of sp³-hybridized carbons (Fsp3) is 0.0769. The van der Waals surface area contributed by atoms with E-state index in [-0.39, 0.29) is 20.6 Å². The molecule has 0 saturated carbocycles. The molecule has 20 heavy (non-hydrogen) atoms. The number of halogens is 3. The van der Waals surface area contributed by atoms with Crippen LogP contribution in [0.25, 0.3) is 0 Å². The maximum atomic E-state index is 12.8. The predicted molar refractivity (Wildman–Crippen MR) is 78.4 cm³/mol. The van der Waals surface area contributed by atoms with Crippen LogP contribution in [-0.4, -0.2) is 8.42 Å². The monoisotopic (exact) mass is 333 g/mol. The van der Waals surface area contributed by atoms with Crippen molar-refractivity contribution in [2.75, 3.05) is 4.72 Å². The normalized spacial score (nSPS) is 11.4. The summed E-state index contributed by atoms with van der Waals surface area (Å²) >= 11 is 12.0. The summed E-state index contributed by atoms with van der Waals surface area (Å²) in [5.74, 6) is -0.518. The number of aryl methyl sites for hydroxylation is 1. The first kappa shape index (κ1) is 15.1. The molecular formula is C13H10Cl2FNO2S. The lowest BCUT2D eigenvalue weighted by Gasteiger charge is -2.12. The molecule has 0 bridgehead atoms. The highest BCUT2D eigenvalue weighted by Crippen LogP contribution is 2.34. The highest BCUT2D eigenvalue weighted by Gasteiger charge is 2.18. The van der Waals surface area contributed by atoms with Crippen LogP contribution in [0.4, 0.5) is 10.1 Å². The summed E-state index contributed by atoms with van der Waals surface area (Å²) in [5.41, 5.74) is 0.797. The average Bonchev–Trinajstić information content (AvgIpc) is 2.40. The van der Waals surface area contributed by atoms with Gasteiger partial charge in [0.05, 0.1) is 20.6 Å². The van der Waals surface area contributed by atoms with Gasteiger partial charge < -0.3 is 0 Å². The molecule has 2 aromatic rings. The summed E-state index contributed by atoms with van der Waals surface area (Å²) in [6.07, 6.45) is 0. The Morgan fingerprint density at radius 1 is 1.05 bits per heavy atom. The van der Waals surface area contributed by atoms with Crippen LogP contribution in [0.2, 0.25) is 10.0 Å². The third-order valence-corrected chi connectivity index (χ3v) is 4.81. The van der Waals surface area contributed by atoms with E-state index in [4.69, 9.17) is 23.2 Å². The molecule has 0 amide bonds. The molecule has 0 unspecified atom stereocenters. The molecule has 0 aliphatic heterocycles. The van der Waals surface area contributed by atoms with Gasteiger partial charge in [0, 0.05) is 0 Å². The molecule has 0 aliphatic rings. The second-order valence-electron chi connectivity index (χ2n) is 4.11. The first-order valence-electron chi connectivity index (χ1n) is 5.54. The maximum absolute atomic E-state index is 12.8. The van der Waals surface area contributed by atoms with E-state index in [2.05, 4.69) is 4.72 Å². The van der Waals surface area contributed by atoms with Gasteiger partial charge in [-0.25, -0.2) is 12.8 Å². The Morgan fingerprint density at radius 2 is 1.65 bits per heavy atom. The standard InChI is InChI=1S/C13H10Cl2FNO2S/c1-8-2-7-11(14)13(12(8)15)17-20(18,19)10-5-3-9(16)4-6-10/h2-7,17H,1H3. The molecule has 2 rings (SSSR count). The van der Waals surface area contributed by atoms with E-state index < -0.39 is 15.8 Å². The smallest absolute Gasteiger partial charge is 0.261 e. The molecular weight excluding hydrogens is 324 g/mol. The van der Waals surface area contributed by atoms with E-state index in [9.17, 15) is 12.8 Å². The molecule has 1 N–H and O–H groups in total. The number of nitrogens with one attached hydrogen (secondary N) is 1. The highest BCUT2D eigenvalue weighted by molar-refractivity contribution is 7.92. The van der Waals surface area contributed by atoms with Crippen LogP contribution >= 0.6 is 23.2 Å². The molecule has 0 radical (unpaired) electrons. The van der Waals surface area contributed by atoms with Crippen molar-refractivity contribution in [3.63, 3.8) is 0 Å². The Hall–Kier alpha value is -1.30. The second kappa shape index (κ2) is 5.60. The van der Waals surface area contributed by atoms with Crippen molar-refractivity contribution < 1.29 is 12.8 Å². The van der Waals surface area contributed by atoms with Crippen molar-refractivity contribution in [1.82, 2.24) is 0 Å². The van der Waals surface area contributed by atoms with Gasteiger partial charge in [-0.1, -0.05) is 29.3 Å². The summed E-state index contributed by atoms with van der Waals surface area (Å²) < 4.78 is 39.5. The van der Waals surface area contributed by atoms with Gasteiger partial charge in [-0.05, 0) is 42.8 Å².